The van der Waals surface area contributed by atoms with Crippen LogP contribution in [0.3, 0.4) is 0 Å². The highest BCUT2D eigenvalue weighted by Crippen LogP contribution is 2.24. The molecular weight excluding hydrogens is 393 g/mol. The monoisotopic (exact) mass is 413 g/mol. The number of aliphatic imine (C=N–C) groups is 1. The molecule has 0 spiro atoms. The van der Waals surface area contributed by atoms with Crippen molar-refractivity contribution in [2.45, 2.75) is 6.92 Å². The van der Waals surface area contributed by atoms with E-state index in [-0.39, 0.29) is 11.8 Å². The Morgan fingerprint density at radius 1 is 1.03 bits per heavy atom. The van der Waals surface area contributed by atoms with Crippen molar-refractivity contribution in [1.82, 2.24) is 9.78 Å². The lowest BCUT2D eigenvalue weighted by Gasteiger charge is -2.01. The van der Waals surface area contributed by atoms with Crippen molar-refractivity contribution >= 4 is 17.9 Å². The fourth-order valence-corrected chi connectivity index (χ4v) is 3.07. The van der Waals surface area contributed by atoms with Gasteiger partial charge < -0.3 is 4.74 Å². The summed E-state index contributed by atoms with van der Waals surface area (Å²) in [6.45, 7) is 2.10. The number of rotatable bonds is 6. The van der Waals surface area contributed by atoms with Crippen molar-refractivity contribution < 1.29 is 13.9 Å². The maximum atomic E-state index is 13.4. The van der Waals surface area contributed by atoms with Crippen molar-refractivity contribution in [2.75, 3.05) is 6.61 Å². The zero-order chi connectivity index (χ0) is 21.6. The number of esters is 1. The Kier molecular flexibility index (Phi) is 5.98. The molecule has 0 atom stereocenters. The summed E-state index contributed by atoms with van der Waals surface area (Å²) in [5.74, 6) is -0.663. The van der Waals surface area contributed by atoms with Crippen LogP contribution < -0.4 is 0 Å². The lowest BCUT2D eigenvalue weighted by atomic mass is 10.1. The molecule has 3 aromatic carbocycles. The van der Waals surface area contributed by atoms with E-state index >= 15 is 0 Å². The van der Waals surface area contributed by atoms with Crippen LogP contribution in [0.15, 0.2) is 90.1 Å². The molecule has 6 heteroatoms. The first-order chi connectivity index (χ1) is 15.1. The second-order valence-corrected chi connectivity index (χ2v) is 6.75. The largest absolute Gasteiger partial charge is 0.462 e. The predicted molar refractivity (Wildman–Crippen MR) is 119 cm³/mol. The first kappa shape index (κ1) is 20.2. The second-order valence-electron chi connectivity index (χ2n) is 6.75. The number of halogens is 1. The fourth-order valence-electron chi connectivity index (χ4n) is 3.07. The molecule has 0 aliphatic carbocycles. The Balaban J connectivity index is 1.67. The van der Waals surface area contributed by atoms with E-state index in [1.54, 1.807) is 54.2 Å². The van der Waals surface area contributed by atoms with Crippen molar-refractivity contribution in [2.24, 2.45) is 4.99 Å². The topological polar surface area (TPSA) is 56.5 Å². The summed E-state index contributed by atoms with van der Waals surface area (Å²) < 4.78 is 20.2. The molecule has 0 N–H and O–H groups in total. The number of para-hydroxylation sites is 1. The minimum atomic E-state index is -0.360. The molecule has 0 bridgehead atoms. The molecule has 0 saturated heterocycles. The molecule has 154 valence electrons. The Morgan fingerprint density at radius 2 is 1.74 bits per heavy atom. The normalized spacial score (nSPS) is 11.0. The van der Waals surface area contributed by atoms with E-state index < -0.39 is 0 Å². The van der Waals surface area contributed by atoms with Crippen LogP contribution in [0, 0.1) is 5.82 Å². The summed E-state index contributed by atoms with van der Waals surface area (Å²) in [5, 5.41) is 4.69. The van der Waals surface area contributed by atoms with Gasteiger partial charge in [-0.25, -0.2) is 13.9 Å². The number of aromatic nitrogens is 2. The maximum Gasteiger partial charge on any atom is 0.338 e. The first-order valence-corrected chi connectivity index (χ1v) is 9.86. The predicted octanol–water partition coefficient (Wildman–Crippen LogP) is 5.61. The molecular formula is C25H20FN3O2. The standard InChI is InChI=1S/C25H20FN3O2/c1-2-31-25(30)19-10-14-22(15-11-19)27-16-20-17-29(23-6-4-3-5-7-23)28-24(20)18-8-12-21(26)13-9-18/h3-17H,2H2,1H3. The van der Waals surface area contributed by atoms with Crippen LogP contribution in [-0.4, -0.2) is 28.6 Å². The minimum absolute atomic E-state index is 0.303. The molecule has 4 rings (SSSR count). The number of benzene rings is 3. The molecule has 0 fully saturated rings. The van der Waals surface area contributed by atoms with Crippen LogP contribution in [0.1, 0.15) is 22.8 Å². The molecule has 1 heterocycles. The van der Waals surface area contributed by atoms with Crippen molar-refractivity contribution in [1.29, 1.82) is 0 Å². The molecule has 0 saturated carbocycles. The van der Waals surface area contributed by atoms with Crippen molar-refractivity contribution in [3.8, 4) is 16.9 Å². The van der Waals surface area contributed by atoms with Crippen molar-refractivity contribution in [3.63, 3.8) is 0 Å². The Bertz CT molecular complexity index is 1200. The third-order valence-electron chi connectivity index (χ3n) is 4.61. The highest BCUT2D eigenvalue weighted by atomic mass is 19.1. The summed E-state index contributed by atoms with van der Waals surface area (Å²) in [7, 11) is 0. The molecule has 0 aliphatic heterocycles. The highest BCUT2D eigenvalue weighted by Gasteiger charge is 2.11. The molecule has 1 aromatic heterocycles. The van der Waals surface area contributed by atoms with Crippen LogP contribution in [0.4, 0.5) is 10.1 Å². The maximum absolute atomic E-state index is 13.4. The third-order valence-corrected chi connectivity index (χ3v) is 4.61. The minimum Gasteiger partial charge on any atom is -0.462 e. The lowest BCUT2D eigenvalue weighted by Crippen LogP contribution is -2.03. The number of carbonyl (C=O) groups excluding carboxylic acids is 1. The van der Waals surface area contributed by atoms with E-state index in [0.29, 0.717) is 23.6 Å². The van der Waals surface area contributed by atoms with Crippen molar-refractivity contribution in [3.05, 3.63) is 102 Å². The van der Waals surface area contributed by atoms with E-state index in [1.165, 1.54) is 12.1 Å². The van der Waals surface area contributed by atoms with Gasteiger partial charge in [-0.1, -0.05) is 18.2 Å². The van der Waals surface area contributed by atoms with Crippen LogP contribution in [0.2, 0.25) is 0 Å². The molecule has 0 amide bonds. The lowest BCUT2D eigenvalue weighted by molar-refractivity contribution is 0.0526. The second kappa shape index (κ2) is 9.17. The van der Waals surface area contributed by atoms with E-state index in [9.17, 15) is 9.18 Å². The van der Waals surface area contributed by atoms with Crippen LogP contribution in [-0.2, 0) is 4.74 Å². The Hall–Kier alpha value is -4.06. The van der Waals surface area contributed by atoms with Gasteiger partial charge in [0.15, 0.2) is 0 Å². The van der Waals surface area contributed by atoms with Gasteiger partial charge in [-0.15, -0.1) is 0 Å². The van der Waals surface area contributed by atoms with Gasteiger partial charge in [-0.05, 0) is 67.6 Å². The van der Waals surface area contributed by atoms with E-state index in [2.05, 4.69) is 4.99 Å². The molecule has 5 nitrogen and oxygen atoms in total. The summed E-state index contributed by atoms with van der Waals surface area (Å²) in [6, 6.07) is 22.8. The van der Waals surface area contributed by atoms with Gasteiger partial charge in [-0.2, -0.15) is 5.10 Å². The SMILES string of the molecule is CCOC(=O)c1ccc(N=Cc2cn(-c3ccccc3)nc2-c2ccc(F)cc2)cc1. The van der Waals surface area contributed by atoms with Gasteiger partial charge in [-0.3, -0.25) is 4.99 Å². The van der Waals surface area contributed by atoms with Gasteiger partial charge in [0, 0.05) is 23.5 Å². The summed E-state index contributed by atoms with van der Waals surface area (Å²) in [5.41, 5.74) is 4.33. The summed E-state index contributed by atoms with van der Waals surface area (Å²) >= 11 is 0. The first-order valence-electron chi connectivity index (χ1n) is 9.86. The van der Waals surface area contributed by atoms with Crippen LogP contribution in [0.5, 0.6) is 0 Å². The van der Waals surface area contributed by atoms with Gasteiger partial charge in [0.05, 0.1) is 23.5 Å². The van der Waals surface area contributed by atoms with E-state index in [4.69, 9.17) is 9.84 Å². The summed E-state index contributed by atoms with van der Waals surface area (Å²) in [4.78, 5) is 16.3. The van der Waals surface area contributed by atoms with Gasteiger partial charge in [0.1, 0.15) is 11.5 Å². The molecule has 0 unspecified atom stereocenters. The number of hydrogen-bond acceptors (Lipinski definition) is 4. The average Bonchev–Trinajstić information content (AvgIpc) is 3.23. The smallest absolute Gasteiger partial charge is 0.338 e. The Morgan fingerprint density at radius 3 is 2.42 bits per heavy atom. The zero-order valence-electron chi connectivity index (χ0n) is 16.9. The highest BCUT2D eigenvalue weighted by molar-refractivity contribution is 5.91. The summed E-state index contributed by atoms with van der Waals surface area (Å²) in [6.07, 6.45) is 3.59. The van der Waals surface area contributed by atoms with Gasteiger partial charge in [0.25, 0.3) is 0 Å². The number of carbonyl (C=O) groups is 1. The Labute approximate surface area is 179 Å². The van der Waals surface area contributed by atoms with Gasteiger partial charge in [0.2, 0.25) is 0 Å². The zero-order valence-corrected chi connectivity index (χ0v) is 16.9. The molecule has 31 heavy (non-hydrogen) atoms. The molecule has 4 aromatic rings. The quantitative estimate of drug-likeness (QED) is 0.305. The third kappa shape index (κ3) is 4.75. The number of ether oxygens (including phenoxy) is 1. The number of nitrogens with zero attached hydrogens (tertiary/aromatic N) is 3. The average molecular weight is 413 g/mol. The van der Waals surface area contributed by atoms with E-state index in [0.717, 1.165) is 16.8 Å². The fraction of sp³-hybridized carbons (Fsp3) is 0.0800. The number of hydrogen-bond donors (Lipinski definition) is 0. The van der Waals surface area contributed by atoms with Crippen LogP contribution >= 0.6 is 0 Å². The molecule has 0 radical (unpaired) electrons. The van der Waals surface area contributed by atoms with E-state index in [1.807, 2.05) is 36.5 Å². The van der Waals surface area contributed by atoms with Gasteiger partial charge >= 0.3 is 5.97 Å². The van der Waals surface area contributed by atoms with Crippen LogP contribution in [0.25, 0.3) is 16.9 Å². The molecule has 0 aliphatic rings.